The van der Waals surface area contributed by atoms with Crippen LogP contribution < -0.4 is 5.32 Å². The minimum atomic E-state index is -0.351. The first-order valence-electron chi connectivity index (χ1n) is 19.2. The molecule has 8 aromatic carbocycles. The van der Waals surface area contributed by atoms with Crippen molar-refractivity contribution in [2.24, 2.45) is 9.98 Å². The number of benzene rings is 8. The van der Waals surface area contributed by atoms with E-state index >= 15 is 0 Å². The maximum Gasteiger partial charge on any atom is 0.159 e. The van der Waals surface area contributed by atoms with E-state index in [9.17, 15) is 0 Å². The van der Waals surface area contributed by atoms with Crippen molar-refractivity contribution in [1.29, 1.82) is 0 Å². The van der Waals surface area contributed by atoms with Crippen LogP contribution in [0.25, 0.3) is 82.5 Å². The van der Waals surface area contributed by atoms with Gasteiger partial charge >= 0.3 is 0 Å². The van der Waals surface area contributed by atoms with Gasteiger partial charge in [-0.05, 0) is 53.6 Å². The van der Waals surface area contributed by atoms with Crippen LogP contribution in [0.1, 0.15) is 22.9 Å². The maximum atomic E-state index is 6.80. The SMILES string of the molecule is c1ccc(C2=NC(c3ccc4oc5c(-c6cccc7oc8cccc(-n9c%10ccccc%10c%10ccccc%109)c8c67)cccc5c4c3)NC(c3ccccc3)=N2)cc1. The Kier molecular flexibility index (Phi) is 6.89. The number of aliphatic imine (C=N–C) groups is 2. The molecule has 1 aliphatic rings. The maximum absolute atomic E-state index is 6.80. The van der Waals surface area contributed by atoms with E-state index < -0.39 is 0 Å². The van der Waals surface area contributed by atoms with Crippen LogP contribution >= 0.6 is 0 Å². The summed E-state index contributed by atoms with van der Waals surface area (Å²) in [6.45, 7) is 0. The molecule has 1 N–H and O–H groups in total. The first kappa shape index (κ1) is 31.6. The van der Waals surface area contributed by atoms with Crippen molar-refractivity contribution in [3.8, 4) is 16.8 Å². The van der Waals surface area contributed by atoms with Crippen molar-refractivity contribution in [1.82, 2.24) is 9.88 Å². The lowest BCUT2D eigenvalue weighted by atomic mass is 9.96. The van der Waals surface area contributed by atoms with Gasteiger partial charge in [-0.25, -0.2) is 9.98 Å². The summed E-state index contributed by atoms with van der Waals surface area (Å²) in [7, 11) is 0. The molecule has 268 valence electrons. The second-order valence-electron chi connectivity index (χ2n) is 14.5. The molecule has 0 aliphatic carbocycles. The molecule has 3 aromatic heterocycles. The minimum absolute atomic E-state index is 0.351. The van der Waals surface area contributed by atoms with Crippen LogP contribution in [0.2, 0.25) is 0 Å². The van der Waals surface area contributed by atoms with Crippen molar-refractivity contribution in [2.45, 2.75) is 6.17 Å². The molecule has 0 radical (unpaired) electrons. The lowest BCUT2D eigenvalue weighted by Gasteiger charge is -2.23. The zero-order valence-electron chi connectivity index (χ0n) is 30.6. The number of amidine groups is 2. The summed E-state index contributed by atoms with van der Waals surface area (Å²) in [4.78, 5) is 10.1. The van der Waals surface area contributed by atoms with Gasteiger partial charge in [-0.3, -0.25) is 0 Å². The van der Waals surface area contributed by atoms with Gasteiger partial charge in [0.2, 0.25) is 0 Å². The van der Waals surface area contributed by atoms with Gasteiger partial charge in [-0.15, -0.1) is 0 Å². The summed E-state index contributed by atoms with van der Waals surface area (Å²) in [6, 6.07) is 63.1. The van der Waals surface area contributed by atoms with E-state index in [-0.39, 0.29) is 6.17 Å². The molecule has 0 amide bonds. The number of para-hydroxylation sites is 3. The topological polar surface area (TPSA) is 68.0 Å². The fraction of sp³-hybridized carbons (Fsp3) is 0.0196. The molecule has 0 bridgehead atoms. The van der Waals surface area contributed by atoms with Crippen LogP contribution in [0, 0.1) is 0 Å². The third-order valence-corrected chi connectivity index (χ3v) is 11.3. The van der Waals surface area contributed by atoms with E-state index in [1.54, 1.807) is 0 Å². The highest BCUT2D eigenvalue weighted by Crippen LogP contribution is 2.45. The number of nitrogens with one attached hydrogen (secondary N) is 1. The predicted octanol–water partition coefficient (Wildman–Crippen LogP) is 12.7. The number of aromatic nitrogens is 1. The first-order chi connectivity index (χ1) is 28.3. The summed E-state index contributed by atoms with van der Waals surface area (Å²) < 4.78 is 15.8. The molecule has 0 saturated carbocycles. The van der Waals surface area contributed by atoms with Crippen molar-refractivity contribution < 1.29 is 8.83 Å². The third-order valence-electron chi connectivity index (χ3n) is 11.3. The van der Waals surface area contributed by atoms with Crippen LogP contribution in [0.4, 0.5) is 0 Å². The predicted molar refractivity (Wildman–Crippen MR) is 233 cm³/mol. The standard InChI is InChI=1S/C51H32N4O2/c1-3-14-31(15-4-1)49-52-50(32-16-5-2-6-17-32)54-51(53-49)33-28-29-43-39(30-33)38-22-11-21-37(48(38)57-43)36-20-12-26-44-46(36)47-42(25-13-27-45(47)56-44)55-40-23-9-7-18-34(40)35-19-8-10-24-41(35)55/h1-30,51H,(H,52,53,54). The molecular formula is C51H32N4O2. The van der Waals surface area contributed by atoms with E-state index in [4.69, 9.17) is 18.8 Å². The number of rotatable bonds is 5. The largest absolute Gasteiger partial charge is 0.456 e. The van der Waals surface area contributed by atoms with Crippen molar-refractivity contribution in [2.75, 3.05) is 0 Å². The Morgan fingerprint density at radius 3 is 1.88 bits per heavy atom. The molecular weight excluding hydrogens is 701 g/mol. The molecule has 0 saturated heterocycles. The van der Waals surface area contributed by atoms with Gasteiger partial charge in [0.15, 0.2) is 5.84 Å². The molecule has 1 unspecified atom stereocenters. The average Bonchev–Trinajstić information content (AvgIpc) is 3.96. The van der Waals surface area contributed by atoms with E-state index in [1.165, 1.54) is 10.8 Å². The smallest absolute Gasteiger partial charge is 0.159 e. The van der Waals surface area contributed by atoms with Crippen LogP contribution in [-0.2, 0) is 0 Å². The Labute approximate surface area is 326 Å². The third kappa shape index (κ3) is 4.90. The Morgan fingerprint density at radius 1 is 0.474 bits per heavy atom. The van der Waals surface area contributed by atoms with Gasteiger partial charge in [-0.2, -0.15) is 0 Å². The first-order valence-corrected chi connectivity index (χ1v) is 19.2. The van der Waals surface area contributed by atoms with E-state index in [0.717, 1.165) is 94.3 Å². The van der Waals surface area contributed by atoms with E-state index in [2.05, 4.69) is 155 Å². The monoisotopic (exact) mass is 732 g/mol. The van der Waals surface area contributed by atoms with Crippen LogP contribution in [0.15, 0.2) is 201 Å². The summed E-state index contributed by atoms with van der Waals surface area (Å²) in [5.41, 5.74) is 11.8. The van der Waals surface area contributed by atoms with Crippen LogP contribution in [0.3, 0.4) is 0 Å². The molecule has 0 spiro atoms. The molecule has 6 nitrogen and oxygen atoms in total. The van der Waals surface area contributed by atoms with Gasteiger partial charge in [0, 0.05) is 43.6 Å². The molecule has 4 heterocycles. The number of furan rings is 2. The average molecular weight is 733 g/mol. The molecule has 57 heavy (non-hydrogen) atoms. The second kappa shape index (κ2) is 12.4. The van der Waals surface area contributed by atoms with Gasteiger partial charge in [0.05, 0.1) is 22.1 Å². The van der Waals surface area contributed by atoms with Gasteiger partial charge < -0.3 is 18.7 Å². The number of fused-ring (bicyclic) bond motifs is 9. The summed E-state index contributed by atoms with van der Waals surface area (Å²) in [6.07, 6.45) is -0.351. The molecule has 12 rings (SSSR count). The van der Waals surface area contributed by atoms with Crippen LogP contribution in [-0.4, -0.2) is 16.2 Å². The Hall–Kier alpha value is -7.70. The lowest BCUT2D eigenvalue weighted by Crippen LogP contribution is -2.33. The van der Waals surface area contributed by atoms with Gasteiger partial charge in [0.1, 0.15) is 34.3 Å². The summed E-state index contributed by atoms with van der Waals surface area (Å²) in [5, 5.41) is 10.3. The summed E-state index contributed by atoms with van der Waals surface area (Å²) in [5.74, 6) is 1.48. The number of nitrogens with zero attached hydrogens (tertiary/aromatic N) is 3. The Bertz CT molecular complexity index is 3390. The van der Waals surface area contributed by atoms with Gasteiger partial charge in [0.25, 0.3) is 0 Å². The van der Waals surface area contributed by atoms with Crippen molar-refractivity contribution in [3.05, 3.63) is 199 Å². The highest BCUT2D eigenvalue weighted by Gasteiger charge is 2.24. The van der Waals surface area contributed by atoms with Crippen LogP contribution in [0.5, 0.6) is 0 Å². The summed E-state index contributed by atoms with van der Waals surface area (Å²) >= 11 is 0. The number of hydrogen-bond donors (Lipinski definition) is 1. The van der Waals surface area contributed by atoms with Crippen molar-refractivity contribution in [3.63, 3.8) is 0 Å². The molecule has 1 atom stereocenters. The quantitative estimate of drug-likeness (QED) is 0.192. The fourth-order valence-electron chi connectivity index (χ4n) is 8.72. The van der Waals surface area contributed by atoms with E-state index in [0.29, 0.717) is 5.84 Å². The second-order valence-corrected chi connectivity index (χ2v) is 14.5. The molecule has 6 heteroatoms. The Balaban J connectivity index is 1.03. The highest BCUT2D eigenvalue weighted by atomic mass is 16.3. The minimum Gasteiger partial charge on any atom is -0.456 e. The molecule has 1 aliphatic heterocycles. The zero-order chi connectivity index (χ0) is 37.5. The van der Waals surface area contributed by atoms with Gasteiger partial charge in [-0.1, -0.05) is 140 Å². The number of hydrogen-bond acceptors (Lipinski definition) is 5. The molecule has 11 aromatic rings. The van der Waals surface area contributed by atoms with Crippen molar-refractivity contribution >= 4 is 77.4 Å². The van der Waals surface area contributed by atoms with E-state index in [1.807, 2.05) is 36.4 Å². The fourth-order valence-corrected chi connectivity index (χ4v) is 8.72. The zero-order valence-corrected chi connectivity index (χ0v) is 30.6. The molecule has 0 fully saturated rings. The Morgan fingerprint density at radius 2 is 1.11 bits per heavy atom. The lowest BCUT2D eigenvalue weighted by molar-refractivity contribution is 0.664. The highest BCUT2D eigenvalue weighted by molar-refractivity contribution is 6.21. The normalized spacial score (nSPS) is 14.5.